The number of aromatic nitrogens is 1. The number of carbonyl (C=O) groups is 5. The molecule has 0 aliphatic heterocycles. The largest absolute Gasteiger partial charge is 0.368 e. The summed E-state index contributed by atoms with van der Waals surface area (Å²) < 4.78 is 1.04. The van der Waals surface area contributed by atoms with Crippen molar-refractivity contribution in [2.75, 3.05) is 6.54 Å². The number of hydrogen-bond acceptors (Lipinski definition) is 8. The molecule has 1 aliphatic carbocycles. The quantitative estimate of drug-likeness (QED) is 0.120. The number of Topliss-reactive ketones (excluding diaryl/α,β-unsaturated/α-hetero) is 2. The molecular weight excluding hydrogens is 639 g/mol. The minimum absolute atomic E-state index is 0.0223. The first-order chi connectivity index (χ1) is 23.3. The Hall–Kier alpha value is -3.18. The molecule has 272 valence electrons. The molecule has 0 saturated heterocycles. The van der Waals surface area contributed by atoms with Crippen molar-refractivity contribution in [2.45, 2.75) is 136 Å². The first-order valence-electron chi connectivity index (χ1n) is 18.4. The summed E-state index contributed by atoms with van der Waals surface area (Å²) in [5.41, 5.74) is 13.4. The van der Waals surface area contributed by atoms with Crippen LogP contribution in [0, 0.1) is 23.7 Å². The Bertz CT molecular complexity index is 1420. The van der Waals surface area contributed by atoms with Crippen LogP contribution in [0.5, 0.6) is 0 Å². The zero-order chi connectivity index (χ0) is 36.1. The van der Waals surface area contributed by atoms with Crippen LogP contribution in [0.4, 0.5) is 0 Å². The molecule has 4 atom stereocenters. The van der Waals surface area contributed by atoms with Gasteiger partial charge in [0.25, 0.3) is 0 Å². The summed E-state index contributed by atoms with van der Waals surface area (Å²) in [4.78, 5) is 71.5. The molecule has 0 radical (unpaired) electrons. The minimum Gasteiger partial charge on any atom is -0.368 e. The number of nitrogens with one attached hydrogen (secondary N) is 2. The van der Waals surface area contributed by atoms with E-state index in [1.54, 1.807) is 6.92 Å². The molecule has 0 spiro atoms. The Balaban J connectivity index is 1.86. The van der Waals surface area contributed by atoms with Crippen LogP contribution < -0.4 is 22.1 Å². The van der Waals surface area contributed by atoms with E-state index in [9.17, 15) is 24.0 Å². The fourth-order valence-corrected chi connectivity index (χ4v) is 7.86. The fraction of sp³-hybridized carbons (Fsp3) is 0.684. The van der Waals surface area contributed by atoms with Crippen LogP contribution in [0.3, 0.4) is 0 Å². The molecule has 1 fully saturated rings. The second-order valence-corrected chi connectivity index (χ2v) is 15.7. The normalized spacial score (nSPS) is 16.3. The van der Waals surface area contributed by atoms with Gasteiger partial charge in [0, 0.05) is 31.6 Å². The fourth-order valence-electron chi connectivity index (χ4n) is 6.76. The highest BCUT2D eigenvalue weighted by molar-refractivity contribution is 7.18. The summed E-state index contributed by atoms with van der Waals surface area (Å²) in [7, 11) is 0. The zero-order valence-electron chi connectivity index (χ0n) is 30.2. The van der Waals surface area contributed by atoms with Crippen molar-refractivity contribution in [2.24, 2.45) is 35.1 Å². The number of nitrogens with two attached hydrogens (primary N) is 2. The number of benzene rings is 1. The smallest absolute Gasteiger partial charge is 0.240 e. The number of hydrogen-bond donors (Lipinski definition) is 4. The van der Waals surface area contributed by atoms with Crippen molar-refractivity contribution in [1.82, 2.24) is 15.6 Å². The molecule has 3 amide bonds. The summed E-state index contributed by atoms with van der Waals surface area (Å²) in [5.74, 6) is -2.46. The van der Waals surface area contributed by atoms with Gasteiger partial charge in [0.15, 0.2) is 5.78 Å². The van der Waals surface area contributed by atoms with Crippen LogP contribution in [0.2, 0.25) is 0 Å². The van der Waals surface area contributed by atoms with Gasteiger partial charge in [-0.1, -0.05) is 66.4 Å². The third kappa shape index (κ3) is 12.6. The van der Waals surface area contributed by atoms with E-state index in [1.165, 1.54) is 16.9 Å². The molecule has 1 saturated carbocycles. The molecule has 6 N–H and O–H groups in total. The molecule has 1 heterocycles. The first-order valence-corrected chi connectivity index (χ1v) is 19.2. The van der Waals surface area contributed by atoms with Crippen molar-refractivity contribution in [1.29, 1.82) is 0 Å². The van der Waals surface area contributed by atoms with Crippen LogP contribution >= 0.6 is 11.3 Å². The molecule has 2 aromatic rings. The van der Waals surface area contributed by atoms with Crippen LogP contribution in [-0.4, -0.2) is 52.9 Å². The number of unbranched alkanes of at least 4 members (excludes halogenated alkanes) is 1. The molecule has 11 heteroatoms. The highest BCUT2D eigenvalue weighted by atomic mass is 32.1. The molecule has 0 bridgehead atoms. The average Bonchev–Trinajstić information content (AvgIpc) is 3.47. The minimum atomic E-state index is -0.829. The lowest BCUT2D eigenvalue weighted by molar-refractivity contribution is -0.136. The number of fused-ring (bicyclic) bond motifs is 1. The Labute approximate surface area is 296 Å². The summed E-state index contributed by atoms with van der Waals surface area (Å²) in [6, 6.07) is 4.61. The maximum absolute atomic E-state index is 14.2. The van der Waals surface area contributed by atoms with E-state index in [4.69, 9.17) is 16.5 Å². The van der Waals surface area contributed by atoms with Gasteiger partial charge in [-0.3, -0.25) is 24.0 Å². The van der Waals surface area contributed by atoms with Gasteiger partial charge in [-0.2, -0.15) is 0 Å². The number of carbonyl (C=O) groups excluding carboxylic acids is 5. The monoisotopic (exact) mass is 697 g/mol. The summed E-state index contributed by atoms with van der Waals surface area (Å²) in [6.07, 6.45) is 7.38. The van der Waals surface area contributed by atoms with Gasteiger partial charge in [0.05, 0.1) is 27.2 Å². The third-order valence-electron chi connectivity index (χ3n) is 9.74. The van der Waals surface area contributed by atoms with Gasteiger partial charge in [0.1, 0.15) is 11.8 Å². The lowest BCUT2D eigenvalue weighted by Crippen LogP contribution is -2.51. The van der Waals surface area contributed by atoms with Crippen molar-refractivity contribution in [3.63, 3.8) is 0 Å². The zero-order valence-corrected chi connectivity index (χ0v) is 31.0. The van der Waals surface area contributed by atoms with Gasteiger partial charge >= 0.3 is 0 Å². The van der Waals surface area contributed by atoms with E-state index in [2.05, 4.69) is 36.6 Å². The first kappa shape index (κ1) is 40.3. The van der Waals surface area contributed by atoms with Crippen LogP contribution in [0.1, 0.15) is 128 Å². The highest BCUT2D eigenvalue weighted by Crippen LogP contribution is 2.31. The van der Waals surface area contributed by atoms with E-state index in [0.29, 0.717) is 51.0 Å². The Morgan fingerprint density at radius 3 is 2.24 bits per heavy atom. The standard InChI is InChI=1S/C38H59N5O5S/c1-6-29(44)19-28(22-34-41-30-16-15-26(24(4)5)21-33(30)49-34)38(48)43-35(25-12-8-7-9-13-25)32(45)20-27(14-10-11-17-39)37(47)42-31(36(40)46)18-23(2)3/h15-16,21,23-25,27-28,31,35H,6-14,17-20,22,39H2,1-5H3,(H2,40,46)(H,42,47)(H,43,48)/t27-,28+,31+,35+/m1/s1. The second kappa shape index (κ2) is 19.9. The van der Waals surface area contributed by atoms with E-state index < -0.39 is 29.8 Å². The number of rotatable bonds is 21. The lowest BCUT2D eigenvalue weighted by atomic mass is 9.79. The highest BCUT2D eigenvalue weighted by Gasteiger charge is 2.36. The van der Waals surface area contributed by atoms with Crippen LogP contribution in [0.25, 0.3) is 10.2 Å². The van der Waals surface area contributed by atoms with Gasteiger partial charge < -0.3 is 22.1 Å². The Kier molecular flexibility index (Phi) is 16.3. The third-order valence-corrected chi connectivity index (χ3v) is 10.8. The van der Waals surface area contributed by atoms with E-state index in [0.717, 1.165) is 47.3 Å². The molecule has 0 unspecified atom stereocenters. The van der Waals surface area contributed by atoms with E-state index in [1.807, 2.05) is 19.9 Å². The molecule has 1 aromatic heterocycles. The maximum Gasteiger partial charge on any atom is 0.240 e. The number of amides is 3. The van der Waals surface area contributed by atoms with E-state index in [-0.39, 0.29) is 48.1 Å². The molecule has 10 nitrogen and oxygen atoms in total. The van der Waals surface area contributed by atoms with Crippen molar-refractivity contribution < 1.29 is 24.0 Å². The predicted molar refractivity (Wildman–Crippen MR) is 196 cm³/mol. The maximum atomic E-state index is 14.2. The second-order valence-electron chi connectivity index (χ2n) is 14.6. The van der Waals surface area contributed by atoms with Crippen LogP contribution in [-0.2, 0) is 30.4 Å². The summed E-state index contributed by atoms with van der Waals surface area (Å²) >= 11 is 1.54. The number of primary amides is 1. The molecule has 1 aliphatic rings. The Morgan fingerprint density at radius 1 is 0.939 bits per heavy atom. The lowest BCUT2D eigenvalue weighted by Gasteiger charge is -2.32. The average molecular weight is 698 g/mol. The molecule has 3 rings (SSSR count). The van der Waals surface area contributed by atoms with Gasteiger partial charge in [0.2, 0.25) is 17.7 Å². The topological polar surface area (TPSA) is 174 Å². The Morgan fingerprint density at radius 2 is 1.63 bits per heavy atom. The number of nitrogens with zero attached hydrogens (tertiary/aromatic N) is 1. The molecular formula is C38H59N5O5S. The summed E-state index contributed by atoms with van der Waals surface area (Å²) in [5, 5.41) is 6.69. The predicted octanol–water partition coefficient (Wildman–Crippen LogP) is 5.73. The van der Waals surface area contributed by atoms with Crippen molar-refractivity contribution in [3.8, 4) is 0 Å². The SMILES string of the molecule is CCC(=O)C[C@@H](Cc1nc2ccc(C(C)C)cc2s1)C(=O)N[C@H](C(=O)C[C@@H](CCCCN)C(=O)N[C@@H](CC(C)C)C(N)=O)C1CCCCC1. The number of ketones is 2. The van der Waals surface area contributed by atoms with Crippen molar-refractivity contribution >= 4 is 50.8 Å². The molecule has 49 heavy (non-hydrogen) atoms. The van der Waals surface area contributed by atoms with Gasteiger partial charge in [-0.15, -0.1) is 11.3 Å². The van der Waals surface area contributed by atoms with E-state index >= 15 is 0 Å². The van der Waals surface area contributed by atoms with Crippen LogP contribution in [0.15, 0.2) is 18.2 Å². The van der Waals surface area contributed by atoms with Gasteiger partial charge in [-0.05, 0) is 74.1 Å². The number of thiazole rings is 1. The van der Waals surface area contributed by atoms with Gasteiger partial charge in [-0.25, -0.2) is 4.98 Å². The molecule has 1 aromatic carbocycles. The van der Waals surface area contributed by atoms with Crippen molar-refractivity contribution in [3.05, 3.63) is 28.8 Å². The summed E-state index contributed by atoms with van der Waals surface area (Å²) in [6.45, 7) is 10.4.